The van der Waals surface area contributed by atoms with Crippen LogP contribution in [0.25, 0.3) is 11.0 Å². The van der Waals surface area contributed by atoms with Crippen molar-refractivity contribution in [2.24, 2.45) is 0 Å². The van der Waals surface area contributed by atoms with Gasteiger partial charge in [-0.3, -0.25) is 0 Å². The number of fused-ring (bicyclic) bond motifs is 1. The number of nitrogens with zero attached hydrogens (tertiary/aromatic N) is 4. The molecule has 0 aliphatic carbocycles. The molecular formula is C14H12N4O3S2. The molecule has 2 heterocycles. The minimum atomic E-state index is -1.32. The van der Waals surface area contributed by atoms with Gasteiger partial charge in [-0.05, 0) is 35.1 Å². The number of carboxylic acid groups (broad SMARTS) is 1. The fraction of sp³-hybridized carbons (Fsp3) is 0.143. The number of pyridine rings is 1. The molecule has 0 bridgehead atoms. The summed E-state index contributed by atoms with van der Waals surface area (Å²) in [7, 11) is 2.85. The minimum absolute atomic E-state index is 0.0345. The third-order valence-corrected chi connectivity index (χ3v) is 5.42. The van der Waals surface area contributed by atoms with Crippen molar-refractivity contribution in [2.75, 3.05) is 6.61 Å². The van der Waals surface area contributed by atoms with Crippen molar-refractivity contribution in [3.8, 4) is 0 Å². The molecule has 0 saturated heterocycles. The van der Waals surface area contributed by atoms with Gasteiger partial charge in [-0.15, -0.1) is 5.10 Å². The third-order valence-electron chi connectivity index (χ3n) is 2.88. The van der Waals surface area contributed by atoms with Gasteiger partial charge in [0.2, 0.25) is 0 Å². The molecule has 1 aromatic carbocycles. The fourth-order valence-corrected chi connectivity index (χ4v) is 4.03. The Morgan fingerprint density at radius 2 is 2.09 bits per heavy atom. The van der Waals surface area contributed by atoms with Crippen molar-refractivity contribution in [1.82, 2.24) is 20.0 Å². The molecule has 0 amide bonds. The van der Waals surface area contributed by atoms with Gasteiger partial charge in [0.15, 0.2) is 0 Å². The number of rotatable bonds is 6. The summed E-state index contributed by atoms with van der Waals surface area (Å²) in [5.41, 5.74) is 1.57. The molecule has 0 saturated carbocycles. The second kappa shape index (κ2) is 7.34. The topological polar surface area (TPSA) is 90.1 Å². The summed E-state index contributed by atoms with van der Waals surface area (Å²) in [6.07, 6.45) is 0.388. The highest BCUT2D eigenvalue weighted by atomic mass is 33.1. The van der Waals surface area contributed by atoms with Crippen LogP contribution in [-0.4, -0.2) is 37.8 Å². The standard InChI is InChI=1S/C14H12N4O3S2/c19-14(20)21-9-13(23-22-12-7-3-4-8-15-12)18-11-6-2-1-5-10(11)16-17-18/h1-8,13H,9H2,(H,19,20). The van der Waals surface area contributed by atoms with Crippen LogP contribution in [0.4, 0.5) is 4.79 Å². The first-order valence-corrected chi connectivity index (χ1v) is 8.85. The first-order valence-electron chi connectivity index (χ1n) is 6.64. The lowest BCUT2D eigenvalue weighted by Gasteiger charge is -2.15. The van der Waals surface area contributed by atoms with E-state index in [0.29, 0.717) is 0 Å². The van der Waals surface area contributed by atoms with E-state index in [1.165, 1.54) is 21.6 Å². The Morgan fingerprint density at radius 3 is 2.87 bits per heavy atom. The van der Waals surface area contributed by atoms with Crippen molar-refractivity contribution in [2.45, 2.75) is 10.4 Å². The van der Waals surface area contributed by atoms with Crippen molar-refractivity contribution in [3.05, 3.63) is 48.7 Å². The van der Waals surface area contributed by atoms with E-state index in [1.807, 2.05) is 42.5 Å². The molecule has 0 spiro atoms. The SMILES string of the molecule is O=C(O)OCC(SSc1ccccn1)n1nnc2ccccc21. The third kappa shape index (κ3) is 3.93. The highest BCUT2D eigenvalue weighted by Crippen LogP contribution is 2.39. The zero-order valence-electron chi connectivity index (χ0n) is 11.8. The number of hydrogen-bond acceptors (Lipinski definition) is 7. The largest absolute Gasteiger partial charge is 0.505 e. The van der Waals surface area contributed by atoms with Crippen LogP contribution in [0.2, 0.25) is 0 Å². The number of carbonyl (C=O) groups is 1. The molecule has 1 N–H and O–H groups in total. The number of para-hydroxylation sites is 1. The first-order chi connectivity index (χ1) is 11.2. The second-order valence-corrected chi connectivity index (χ2v) is 6.80. The van der Waals surface area contributed by atoms with Gasteiger partial charge in [-0.25, -0.2) is 14.5 Å². The monoisotopic (exact) mass is 348 g/mol. The molecule has 1 atom stereocenters. The quantitative estimate of drug-likeness (QED) is 0.535. The maximum atomic E-state index is 10.7. The van der Waals surface area contributed by atoms with Gasteiger partial charge in [0.1, 0.15) is 22.5 Å². The molecule has 1 unspecified atom stereocenters. The summed E-state index contributed by atoms with van der Waals surface area (Å²) in [6.45, 7) is -0.0345. The Hall–Kier alpha value is -2.26. The first kappa shape index (κ1) is 15.6. The van der Waals surface area contributed by atoms with E-state index < -0.39 is 6.16 Å². The van der Waals surface area contributed by atoms with Crippen LogP contribution in [0.3, 0.4) is 0 Å². The molecule has 0 fully saturated rings. The Balaban J connectivity index is 1.81. The number of hydrogen-bond donors (Lipinski definition) is 1. The Morgan fingerprint density at radius 1 is 1.26 bits per heavy atom. The highest BCUT2D eigenvalue weighted by molar-refractivity contribution is 8.76. The van der Waals surface area contributed by atoms with E-state index in [9.17, 15) is 4.79 Å². The van der Waals surface area contributed by atoms with Crippen LogP contribution in [-0.2, 0) is 4.74 Å². The maximum Gasteiger partial charge on any atom is 0.505 e. The Kier molecular flexibility index (Phi) is 4.99. The van der Waals surface area contributed by atoms with Gasteiger partial charge in [0.25, 0.3) is 0 Å². The predicted octanol–water partition coefficient (Wildman–Crippen LogP) is 3.46. The summed E-state index contributed by atoms with van der Waals surface area (Å²) in [5.74, 6) is 0. The normalized spacial score (nSPS) is 12.2. The summed E-state index contributed by atoms with van der Waals surface area (Å²) in [6, 6.07) is 13.1. The van der Waals surface area contributed by atoms with Crippen molar-refractivity contribution < 1.29 is 14.6 Å². The van der Waals surface area contributed by atoms with Crippen LogP contribution in [0.5, 0.6) is 0 Å². The fourth-order valence-electron chi connectivity index (χ4n) is 1.88. The lowest BCUT2D eigenvalue weighted by Crippen LogP contribution is -2.15. The predicted molar refractivity (Wildman–Crippen MR) is 88.2 cm³/mol. The van der Waals surface area contributed by atoms with E-state index >= 15 is 0 Å². The van der Waals surface area contributed by atoms with Crippen LogP contribution >= 0.6 is 21.6 Å². The molecule has 2 aromatic heterocycles. The lowest BCUT2D eigenvalue weighted by molar-refractivity contribution is 0.0869. The highest BCUT2D eigenvalue weighted by Gasteiger charge is 2.19. The van der Waals surface area contributed by atoms with Crippen molar-refractivity contribution in [1.29, 1.82) is 0 Å². The number of ether oxygens (including phenoxy) is 1. The Bertz CT molecular complexity index is 797. The van der Waals surface area contributed by atoms with Gasteiger partial charge in [0, 0.05) is 6.20 Å². The molecular weight excluding hydrogens is 336 g/mol. The lowest BCUT2D eigenvalue weighted by atomic mass is 10.3. The molecule has 0 aliphatic heterocycles. The van der Waals surface area contributed by atoms with E-state index in [-0.39, 0.29) is 12.0 Å². The average Bonchev–Trinajstić information content (AvgIpc) is 3.00. The van der Waals surface area contributed by atoms with E-state index in [0.717, 1.165) is 16.1 Å². The van der Waals surface area contributed by atoms with Gasteiger partial charge in [0.05, 0.1) is 5.52 Å². The molecule has 23 heavy (non-hydrogen) atoms. The number of aromatic nitrogens is 4. The molecule has 7 nitrogen and oxygen atoms in total. The van der Waals surface area contributed by atoms with E-state index in [4.69, 9.17) is 9.84 Å². The van der Waals surface area contributed by atoms with Gasteiger partial charge in [-0.1, -0.05) is 34.2 Å². The Labute approximate surface area is 139 Å². The van der Waals surface area contributed by atoms with Crippen LogP contribution in [0.1, 0.15) is 5.37 Å². The molecule has 0 aliphatic rings. The summed E-state index contributed by atoms with van der Waals surface area (Å²) < 4.78 is 6.40. The van der Waals surface area contributed by atoms with Crippen molar-refractivity contribution in [3.63, 3.8) is 0 Å². The van der Waals surface area contributed by atoms with Crippen LogP contribution < -0.4 is 0 Å². The summed E-state index contributed by atoms with van der Waals surface area (Å²) in [5, 5.41) is 17.4. The molecule has 118 valence electrons. The van der Waals surface area contributed by atoms with Crippen molar-refractivity contribution >= 4 is 38.8 Å². The zero-order valence-corrected chi connectivity index (χ0v) is 13.4. The second-order valence-electron chi connectivity index (χ2n) is 4.40. The zero-order chi connectivity index (χ0) is 16.1. The maximum absolute atomic E-state index is 10.7. The molecule has 3 rings (SSSR count). The van der Waals surface area contributed by atoms with Gasteiger partial charge in [-0.2, -0.15) is 0 Å². The van der Waals surface area contributed by atoms with E-state index in [1.54, 1.807) is 10.9 Å². The molecule has 3 aromatic rings. The van der Waals surface area contributed by atoms with Gasteiger partial charge < -0.3 is 9.84 Å². The van der Waals surface area contributed by atoms with Crippen LogP contribution in [0.15, 0.2) is 53.7 Å². The minimum Gasteiger partial charge on any atom is -0.450 e. The summed E-state index contributed by atoms with van der Waals surface area (Å²) in [4.78, 5) is 14.9. The van der Waals surface area contributed by atoms with Crippen LogP contribution in [0, 0.1) is 0 Å². The van der Waals surface area contributed by atoms with E-state index in [2.05, 4.69) is 15.3 Å². The van der Waals surface area contributed by atoms with Gasteiger partial charge >= 0.3 is 6.16 Å². The smallest absolute Gasteiger partial charge is 0.450 e. The number of benzene rings is 1. The molecule has 9 heteroatoms. The average molecular weight is 348 g/mol. The summed E-state index contributed by atoms with van der Waals surface area (Å²) >= 11 is 0. The molecule has 0 radical (unpaired) electrons.